The number of imidazole rings is 1. The van der Waals surface area contributed by atoms with Gasteiger partial charge in [0, 0.05) is 35.2 Å². The van der Waals surface area contributed by atoms with Crippen LogP contribution in [0.25, 0.3) is 11.3 Å². The summed E-state index contributed by atoms with van der Waals surface area (Å²) in [7, 11) is 2.35. The van der Waals surface area contributed by atoms with Gasteiger partial charge in [0.15, 0.2) is 10.1 Å². The maximum absolute atomic E-state index is 15.1. The van der Waals surface area contributed by atoms with Crippen molar-refractivity contribution in [1.29, 1.82) is 0 Å². The van der Waals surface area contributed by atoms with E-state index in [1.807, 2.05) is 37.6 Å². The Hall–Kier alpha value is -2.67. The predicted octanol–water partition coefficient (Wildman–Crippen LogP) is 7.41. The van der Waals surface area contributed by atoms with Crippen molar-refractivity contribution in [3.8, 4) is 17.0 Å². The topological polar surface area (TPSA) is 87.2 Å². The van der Waals surface area contributed by atoms with Crippen molar-refractivity contribution in [1.82, 2.24) is 9.55 Å². The fraction of sp³-hybridized carbons (Fsp3) is 0.344. The van der Waals surface area contributed by atoms with E-state index in [9.17, 15) is 12.8 Å². The summed E-state index contributed by atoms with van der Waals surface area (Å²) in [4.78, 5) is 4.54. The van der Waals surface area contributed by atoms with Gasteiger partial charge in [-0.25, -0.2) is 17.7 Å². The number of quaternary nitrogens is 1. The molecule has 0 atom stereocenters. The minimum absolute atomic E-state index is 0.105. The van der Waals surface area contributed by atoms with Crippen molar-refractivity contribution < 1.29 is 25.8 Å². The standard InChI is InChI=1S/C32H37Cl2F2N4O3S2/c1-32(2,22-10-13-24(33)27(17-22)43-6)30-29(20-8-11-23(35)12-9-20)38-31(39(30)3)44-19-21-16-28(26(36)18-25(21)34)45(41,42)40(4,5)15-7-14-37/h8-13,16-18H,7,14-15,19,37H2,1-6H3/q+1. The number of nitrogens with zero attached hydrogens (tertiary/aromatic N) is 3. The molecule has 13 heteroatoms. The predicted molar refractivity (Wildman–Crippen MR) is 178 cm³/mol. The summed E-state index contributed by atoms with van der Waals surface area (Å²) in [6.45, 7) is 4.64. The molecule has 7 nitrogen and oxygen atoms in total. The molecule has 0 bridgehead atoms. The largest absolute Gasteiger partial charge is 0.495 e. The number of hydrogen-bond donors (Lipinski definition) is 1. The molecule has 3 aromatic carbocycles. The van der Waals surface area contributed by atoms with Crippen LogP contribution in [0.4, 0.5) is 8.78 Å². The van der Waals surface area contributed by atoms with Crippen LogP contribution in [0.3, 0.4) is 0 Å². The molecule has 0 unspecified atom stereocenters. The smallest absolute Gasteiger partial charge is 0.329 e. The summed E-state index contributed by atoms with van der Waals surface area (Å²) in [5, 5.41) is 1.19. The van der Waals surface area contributed by atoms with Crippen LogP contribution in [0.15, 0.2) is 64.6 Å². The highest BCUT2D eigenvalue weighted by atomic mass is 35.5. The van der Waals surface area contributed by atoms with E-state index in [0.29, 0.717) is 45.7 Å². The molecule has 0 amide bonds. The maximum Gasteiger partial charge on any atom is 0.329 e. The van der Waals surface area contributed by atoms with Gasteiger partial charge >= 0.3 is 10.0 Å². The first-order valence-electron chi connectivity index (χ1n) is 14.1. The van der Waals surface area contributed by atoms with Crippen LogP contribution in [0, 0.1) is 11.6 Å². The van der Waals surface area contributed by atoms with Crippen molar-refractivity contribution in [2.24, 2.45) is 12.8 Å². The summed E-state index contributed by atoms with van der Waals surface area (Å²) in [5.41, 5.74) is 8.53. The van der Waals surface area contributed by atoms with Crippen LogP contribution < -0.4 is 10.5 Å². The lowest BCUT2D eigenvalue weighted by atomic mass is 9.79. The lowest BCUT2D eigenvalue weighted by Gasteiger charge is -2.28. The molecule has 0 aliphatic heterocycles. The fourth-order valence-corrected chi connectivity index (χ4v) is 8.15. The molecular formula is C32H37Cl2F2N4O3S2+. The monoisotopic (exact) mass is 697 g/mol. The van der Waals surface area contributed by atoms with Gasteiger partial charge in [0.1, 0.15) is 17.4 Å². The van der Waals surface area contributed by atoms with Gasteiger partial charge < -0.3 is 15.0 Å². The Labute approximate surface area is 278 Å². The van der Waals surface area contributed by atoms with Crippen molar-refractivity contribution >= 4 is 45.0 Å². The third kappa shape index (κ3) is 7.03. The molecule has 1 aromatic heterocycles. The molecule has 2 N–H and O–H groups in total. The number of aromatic nitrogens is 2. The van der Waals surface area contributed by atoms with E-state index < -0.39 is 30.0 Å². The number of benzene rings is 3. The average Bonchev–Trinajstić information content (AvgIpc) is 3.32. The zero-order valence-corrected chi connectivity index (χ0v) is 29.1. The number of rotatable bonds is 12. The lowest BCUT2D eigenvalue weighted by molar-refractivity contribution is -0.762. The Morgan fingerprint density at radius 1 is 1.04 bits per heavy atom. The lowest BCUT2D eigenvalue weighted by Crippen LogP contribution is -2.46. The van der Waals surface area contributed by atoms with Gasteiger partial charge in [-0.05, 0) is 66.2 Å². The fourth-order valence-electron chi connectivity index (χ4n) is 5.20. The highest BCUT2D eigenvalue weighted by Gasteiger charge is 2.37. The quantitative estimate of drug-likeness (QED) is 0.123. The Morgan fingerprint density at radius 3 is 2.33 bits per heavy atom. The zero-order valence-electron chi connectivity index (χ0n) is 26.0. The normalized spacial score (nSPS) is 12.5. The van der Waals surface area contributed by atoms with Gasteiger partial charge in [-0.15, -0.1) is 0 Å². The highest BCUT2D eigenvalue weighted by Crippen LogP contribution is 2.42. The Balaban J connectivity index is 1.78. The number of nitrogens with two attached hydrogens (primary N) is 1. The van der Waals surface area contributed by atoms with Crippen LogP contribution in [-0.2, 0) is 28.2 Å². The maximum atomic E-state index is 15.1. The molecule has 0 spiro atoms. The number of methoxy groups -OCH3 is 1. The third-order valence-corrected chi connectivity index (χ3v) is 12.0. The molecule has 4 aromatic rings. The Morgan fingerprint density at radius 2 is 1.71 bits per heavy atom. The number of sulfonamides is 1. The summed E-state index contributed by atoms with van der Waals surface area (Å²) in [6, 6.07) is 14.0. The average molecular weight is 699 g/mol. The second-order valence-electron chi connectivity index (χ2n) is 11.7. The van der Waals surface area contributed by atoms with Crippen LogP contribution in [0.1, 0.15) is 37.1 Å². The summed E-state index contributed by atoms with van der Waals surface area (Å²) < 4.78 is 62.9. The Bertz CT molecular complexity index is 1810. The summed E-state index contributed by atoms with van der Waals surface area (Å²) >= 11 is 14.1. The summed E-state index contributed by atoms with van der Waals surface area (Å²) in [5.74, 6) is -0.538. The molecule has 0 radical (unpaired) electrons. The van der Waals surface area contributed by atoms with Gasteiger partial charge in [-0.2, -0.15) is 8.42 Å². The second kappa shape index (κ2) is 13.6. The molecule has 0 saturated heterocycles. The second-order valence-corrected chi connectivity index (χ2v) is 15.8. The van der Waals surface area contributed by atoms with Gasteiger partial charge in [0.05, 0.1) is 44.2 Å². The van der Waals surface area contributed by atoms with Gasteiger partial charge in [-0.3, -0.25) is 0 Å². The first-order chi connectivity index (χ1) is 21.0. The molecular weight excluding hydrogens is 661 g/mol. The molecule has 242 valence electrons. The molecule has 0 aliphatic rings. The molecule has 0 saturated carbocycles. The first-order valence-corrected chi connectivity index (χ1v) is 17.3. The Kier molecular flexibility index (Phi) is 10.6. The van der Waals surface area contributed by atoms with E-state index in [-0.39, 0.29) is 23.1 Å². The molecule has 45 heavy (non-hydrogen) atoms. The van der Waals surface area contributed by atoms with Gasteiger partial charge in [0.2, 0.25) is 0 Å². The van der Waals surface area contributed by atoms with E-state index in [1.54, 1.807) is 25.3 Å². The van der Waals surface area contributed by atoms with E-state index >= 15 is 4.39 Å². The van der Waals surface area contributed by atoms with Crippen LogP contribution in [0.2, 0.25) is 10.0 Å². The van der Waals surface area contributed by atoms with Crippen molar-refractivity contribution in [2.75, 3.05) is 34.3 Å². The van der Waals surface area contributed by atoms with Crippen molar-refractivity contribution in [3.05, 3.63) is 93.1 Å². The van der Waals surface area contributed by atoms with E-state index in [4.69, 9.17) is 38.7 Å². The van der Waals surface area contributed by atoms with Crippen LogP contribution >= 0.6 is 35.0 Å². The number of ether oxygens (including phenoxy) is 1. The minimum Gasteiger partial charge on any atom is -0.495 e. The zero-order chi connectivity index (χ0) is 33.3. The summed E-state index contributed by atoms with van der Waals surface area (Å²) in [6.07, 6.45) is 0.460. The van der Waals surface area contributed by atoms with Crippen LogP contribution in [-0.4, -0.2) is 56.2 Å². The number of halogens is 4. The molecule has 1 heterocycles. The first kappa shape index (κ1) is 35.2. The van der Waals surface area contributed by atoms with E-state index in [0.717, 1.165) is 17.3 Å². The highest BCUT2D eigenvalue weighted by molar-refractivity contribution is 7.98. The number of hydrogen-bond acceptors (Lipinski definition) is 6. The third-order valence-electron chi connectivity index (χ3n) is 7.92. The minimum atomic E-state index is -4.10. The molecule has 4 rings (SSSR count). The van der Waals surface area contributed by atoms with Crippen LogP contribution in [0.5, 0.6) is 5.75 Å². The van der Waals surface area contributed by atoms with Crippen molar-refractivity contribution in [2.45, 2.75) is 41.5 Å². The molecule has 0 fully saturated rings. The van der Waals surface area contributed by atoms with Gasteiger partial charge in [0.25, 0.3) is 0 Å². The molecule has 0 aliphatic carbocycles. The van der Waals surface area contributed by atoms with Gasteiger partial charge in [-0.1, -0.05) is 54.9 Å². The van der Waals surface area contributed by atoms with E-state index in [1.165, 1.54) is 44.1 Å². The number of thioether (sulfide) groups is 1. The van der Waals surface area contributed by atoms with Crippen molar-refractivity contribution in [3.63, 3.8) is 0 Å². The van der Waals surface area contributed by atoms with E-state index in [2.05, 4.69) is 0 Å². The SMILES string of the molecule is COc1cc(C(C)(C)c2c(-c3ccc(F)cc3)nc(SCc3cc(S(=O)(=O)[N+](C)(C)CCCN)c(F)cc3Cl)n2C)ccc1Cl.